The number of halogens is 6. The minimum Gasteiger partial charge on any atom is -0.332 e. The van der Waals surface area contributed by atoms with Gasteiger partial charge in [-0.2, -0.15) is 23.3 Å². The van der Waals surface area contributed by atoms with Crippen LogP contribution >= 0.6 is 34.8 Å². The van der Waals surface area contributed by atoms with Gasteiger partial charge in [0, 0.05) is 17.6 Å². The number of rotatable bonds is 2. The van der Waals surface area contributed by atoms with E-state index < -0.39 is 16.9 Å². The number of alkyl halides is 3. The topological polar surface area (TPSA) is 56.7 Å². The normalized spacial score (nSPS) is 12.0. The highest BCUT2D eigenvalue weighted by molar-refractivity contribution is 6.36. The van der Waals surface area contributed by atoms with Crippen molar-refractivity contribution < 1.29 is 17.7 Å². The zero-order valence-corrected chi connectivity index (χ0v) is 14.0. The van der Waals surface area contributed by atoms with Gasteiger partial charge in [0.25, 0.3) is 5.89 Å². The summed E-state index contributed by atoms with van der Waals surface area (Å²) in [6, 6.07) is 4.61. The van der Waals surface area contributed by atoms with Gasteiger partial charge in [-0.3, -0.25) is 4.68 Å². The Labute approximate surface area is 147 Å². The van der Waals surface area contributed by atoms with E-state index >= 15 is 0 Å². The number of aromatic nitrogens is 4. The van der Waals surface area contributed by atoms with Gasteiger partial charge >= 0.3 is 6.18 Å². The quantitative estimate of drug-likeness (QED) is 0.602. The van der Waals surface area contributed by atoms with Crippen LogP contribution in [0.25, 0.3) is 23.0 Å². The first-order chi connectivity index (χ1) is 11.2. The number of aryl methyl sites for hydroxylation is 1. The smallest absolute Gasteiger partial charge is 0.332 e. The first-order valence-electron chi connectivity index (χ1n) is 6.27. The van der Waals surface area contributed by atoms with E-state index in [1.165, 1.54) is 13.1 Å². The maximum Gasteiger partial charge on any atom is 0.436 e. The lowest BCUT2D eigenvalue weighted by molar-refractivity contribution is -0.141. The highest BCUT2D eigenvalue weighted by Crippen LogP contribution is 2.39. The third-order valence-corrected chi connectivity index (χ3v) is 3.96. The molecule has 126 valence electrons. The summed E-state index contributed by atoms with van der Waals surface area (Å²) in [5, 5.41) is 7.13. The molecule has 11 heteroatoms. The van der Waals surface area contributed by atoms with Gasteiger partial charge in [0.05, 0.1) is 5.02 Å². The van der Waals surface area contributed by atoms with Crippen LogP contribution in [0.2, 0.25) is 15.1 Å². The molecule has 0 atom stereocenters. The van der Waals surface area contributed by atoms with E-state index in [0.717, 1.165) is 4.68 Å². The third kappa shape index (κ3) is 2.97. The second kappa shape index (κ2) is 5.94. The van der Waals surface area contributed by atoms with Gasteiger partial charge in [-0.05, 0) is 18.2 Å². The molecule has 1 aromatic carbocycles. The fourth-order valence-electron chi connectivity index (χ4n) is 2.01. The molecular weight excluding hydrogens is 392 g/mol. The average molecular weight is 398 g/mol. The summed E-state index contributed by atoms with van der Waals surface area (Å²) in [5.41, 5.74) is -0.968. The second-order valence-electron chi connectivity index (χ2n) is 4.68. The zero-order valence-electron chi connectivity index (χ0n) is 11.7. The van der Waals surface area contributed by atoms with Gasteiger partial charge in [0.15, 0.2) is 5.69 Å². The number of hydrogen-bond acceptors (Lipinski definition) is 4. The molecular formula is C13H6Cl3F3N4O. The van der Waals surface area contributed by atoms with E-state index in [2.05, 4.69) is 15.2 Å². The van der Waals surface area contributed by atoms with Crippen molar-refractivity contribution in [2.75, 3.05) is 0 Å². The molecule has 0 N–H and O–H groups in total. The molecule has 0 radical (unpaired) electrons. The predicted octanol–water partition coefficient (Wildman–Crippen LogP) is 5.12. The molecule has 0 aliphatic rings. The van der Waals surface area contributed by atoms with Crippen LogP contribution < -0.4 is 0 Å². The lowest BCUT2D eigenvalue weighted by atomic mass is 10.2. The first kappa shape index (κ1) is 17.1. The molecule has 0 saturated carbocycles. The average Bonchev–Trinajstić information content (AvgIpc) is 3.03. The van der Waals surface area contributed by atoms with E-state index in [9.17, 15) is 13.2 Å². The van der Waals surface area contributed by atoms with Crippen LogP contribution in [0, 0.1) is 0 Å². The molecule has 0 bridgehead atoms. The van der Waals surface area contributed by atoms with E-state index in [1.54, 1.807) is 12.1 Å². The Bertz CT molecular complexity index is 920. The van der Waals surface area contributed by atoms with Gasteiger partial charge in [0.2, 0.25) is 5.82 Å². The maximum absolute atomic E-state index is 12.9. The molecule has 0 unspecified atom stereocenters. The Morgan fingerprint density at radius 1 is 1.17 bits per heavy atom. The Morgan fingerprint density at radius 2 is 1.88 bits per heavy atom. The molecule has 3 rings (SSSR count). The maximum atomic E-state index is 12.9. The molecule has 3 aromatic rings. The molecule has 2 aromatic heterocycles. The summed E-state index contributed by atoms with van der Waals surface area (Å²) in [7, 11) is 1.29. The van der Waals surface area contributed by atoms with E-state index in [0.29, 0.717) is 10.6 Å². The summed E-state index contributed by atoms with van der Waals surface area (Å²) >= 11 is 17.6. The molecule has 0 amide bonds. The fourth-order valence-corrected chi connectivity index (χ4v) is 2.85. The van der Waals surface area contributed by atoms with Gasteiger partial charge in [0.1, 0.15) is 10.7 Å². The van der Waals surface area contributed by atoms with E-state index in [-0.39, 0.29) is 22.4 Å². The molecule has 0 saturated heterocycles. The first-order valence-corrected chi connectivity index (χ1v) is 7.41. The summed E-state index contributed by atoms with van der Waals surface area (Å²) in [5.74, 6) is -0.135. The van der Waals surface area contributed by atoms with Crippen LogP contribution in [-0.4, -0.2) is 19.9 Å². The standard InChI is InChI=1S/C13H6Cl3F3N4O/c1-23-9(8(16)10(21-23)13(17,18)19)12-20-11(22-24-12)6-3-2-5(14)4-7(6)15/h2-4H,1H3. The Kier molecular flexibility index (Phi) is 4.23. The lowest BCUT2D eigenvalue weighted by Crippen LogP contribution is -2.07. The number of benzene rings is 1. The summed E-state index contributed by atoms with van der Waals surface area (Å²) in [6.45, 7) is 0. The second-order valence-corrected chi connectivity index (χ2v) is 5.90. The number of nitrogens with zero attached hydrogens (tertiary/aromatic N) is 4. The van der Waals surface area contributed by atoms with Crippen molar-refractivity contribution in [1.82, 2.24) is 19.9 Å². The predicted molar refractivity (Wildman–Crippen MR) is 82.0 cm³/mol. The van der Waals surface area contributed by atoms with Crippen LogP contribution in [0.4, 0.5) is 13.2 Å². The summed E-state index contributed by atoms with van der Waals surface area (Å²) in [6.07, 6.45) is -4.70. The van der Waals surface area contributed by atoms with Crippen molar-refractivity contribution in [2.45, 2.75) is 6.18 Å². The molecule has 2 heterocycles. The Hall–Kier alpha value is -1.77. The highest BCUT2D eigenvalue weighted by Gasteiger charge is 2.39. The van der Waals surface area contributed by atoms with Gasteiger partial charge < -0.3 is 4.52 Å². The van der Waals surface area contributed by atoms with Crippen LogP contribution in [0.1, 0.15) is 5.69 Å². The minimum atomic E-state index is -4.70. The van der Waals surface area contributed by atoms with Crippen molar-refractivity contribution >= 4 is 34.8 Å². The van der Waals surface area contributed by atoms with Gasteiger partial charge in [-0.15, -0.1) is 0 Å². The Morgan fingerprint density at radius 3 is 2.46 bits per heavy atom. The molecule has 0 spiro atoms. The zero-order chi connectivity index (χ0) is 17.6. The van der Waals surface area contributed by atoms with Crippen LogP contribution in [0.15, 0.2) is 22.7 Å². The van der Waals surface area contributed by atoms with Crippen LogP contribution in [-0.2, 0) is 13.2 Å². The number of hydrogen-bond donors (Lipinski definition) is 0. The molecule has 5 nitrogen and oxygen atoms in total. The minimum absolute atomic E-state index is 0.0810. The van der Waals surface area contributed by atoms with Crippen molar-refractivity contribution in [3.8, 4) is 23.0 Å². The van der Waals surface area contributed by atoms with Crippen molar-refractivity contribution in [2.24, 2.45) is 7.05 Å². The van der Waals surface area contributed by atoms with Gasteiger partial charge in [-0.25, -0.2) is 0 Å². The monoisotopic (exact) mass is 396 g/mol. The fraction of sp³-hybridized carbons (Fsp3) is 0.154. The Balaban J connectivity index is 2.07. The largest absolute Gasteiger partial charge is 0.436 e. The SMILES string of the molecule is Cn1nc(C(F)(F)F)c(Cl)c1-c1nc(-c2ccc(Cl)cc2Cl)no1. The van der Waals surface area contributed by atoms with E-state index in [4.69, 9.17) is 39.3 Å². The summed E-state index contributed by atoms with van der Waals surface area (Å²) < 4.78 is 44.5. The molecule has 0 fully saturated rings. The molecule has 0 aliphatic heterocycles. The van der Waals surface area contributed by atoms with Gasteiger partial charge in [-0.1, -0.05) is 40.0 Å². The van der Waals surface area contributed by atoms with Crippen LogP contribution in [0.5, 0.6) is 0 Å². The van der Waals surface area contributed by atoms with Crippen LogP contribution in [0.3, 0.4) is 0 Å². The molecule has 0 aliphatic carbocycles. The highest BCUT2D eigenvalue weighted by atomic mass is 35.5. The van der Waals surface area contributed by atoms with E-state index in [1.807, 2.05) is 0 Å². The summed E-state index contributed by atoms with van der Waals surface area (Å²) in [4.78, 5) is 4.04. The third-order valence-electron chi connectivity index (χ3n) is 3.06. The molecule has 24 heavy (non-hydrogen) atoms. The van der Waals surface area contributed by atoms with Crippen molar-refractivity contribution in [3.05, 3.63) is 39.0 Å². The van der Waals surface area contributed by atoms with Crippen molar-refractivity contribution in [1.29, 1.82) is 0 Å². The van der Waals surface area contributed by atoms with Crippen molar-refractivity contribution in [3.63, 3.8) is 0 Å². The lowest BCUT2D eigenvalue weighted by Gasteiger charge is -2.00.